The Hall–Kier alpha value is -2.84. The maximum Gasteiger partial charge on any atom is 0.411 e. The summed E-state index contributed by atoms with van der Waals surface area (Å²) >= 11 is 0. The third-order valence-corrected chi connectivity index (χ3v) is 6.01. The molecule has 4 rings (SSSR count). The Morgan fingerprint density at radius 3 is 2.74 bits per heavy atom. The largest absolute Gasteiger partial charge is 0.465 e. The van der Waals surface area contributed by atoms with E-state index in [-0.39, 0.29) is 0 Å². The minimum atomic E-state index is -0.953. The lowest BCUT2D eigenvalue weighted by Crippen LogP contribution is -2.39. The highest BCUT2D eigenvalue weighted by Crippen LogP contribution is 2.44. The van der Waals surface area contributed by atoms with Crippen molar-refractivity contribution in [1.29, 1.82) is 5.26 Å². The third-order valence-electron chi connectivity index (χ3n) is 6.01. The average molecular weight is 361 g/mol. The van der Waals surface area contributed by atoms with Gasteiger partial charge in [-0.15, -0.1) is 0 Å². The second-order valence-corrected chi connectivity index (χ2v) is 7.54. The number of hydrogen-bond acceptors (Lipinski definition) is 3. The van der Waals surface area contributed by atoms with Gasteiger partial charge in [-0.3, -0.25) is 9.80 Å². The Bertz CT molecular complexity index is 861. The molecule has 1 N–H and O–H groups in total. The van der Waals surface area contributed by atoms with Crippen molar-refractivity contribution in [3.05, 3.63) is 65.7 Å². The lowest BCUT2D eigenvalue weighted by Gasteiger charge is -2.29. The smallest absolute Gasteiger partial charge is 0.411 e. The van der Waals surface area contributed by atoms with Gasteiger partial charge in [0, 0.05) is 31.4 Å². The molecule has 2 fully saturated rings. The van der Waals surface area contributed by atoms with Crippen molar-refractivity contribution in [2.75, 3.05) is 18.0 Å². The summed E-state index contributed by atoms with van der Waals surface area (Å²) in [4.78, 5) is 15.9. The third kappa shape index (κ3) is 3.54. The summed E-state index contributed by atoms with van der Waals surface area (Å²) in [5.74, 6) is 0.885. The normalized spacial score (nSPS) is 23.9. The highest BCUT2D eigenvalue weighted by atomic mass is 16.4. The minimum Gasteiger partial charge on any atom is -0.465 e. The predicted octanol–water partition coefficient (Wildman–Crippen LogP) is 3.95. The molecule has 0 aromatic heterocycles. The molecule has 138 valence electrons. The summed E-state index contributed by atoms with van der Waals surface area (Å²) in [7, 11) is 0. The fraction of sp³-hybridized carbons (Fsp3) is 0.364. The van der Waals surface area contributed by atoms with Crippen LogP contribution in [-0.2, 0) is 6.54 Å². The van der Waals surface area contributed by atoms with Gasteiger partial charge in [0.2, 0.25) is 0 Å². The number of rotatable bonds is 5. The fourth-order valence-electron chi connectivity index (χ4n) is 4.76. The molecule has 1 aliphatic heterocycles. The summed E-state index contributed by atoms with van der Waals surface area (Å²) in [5, 5.41) is 18.9. The standard InChI is InChI=1S/C22H23N3O2/c23-12-17-7-4-8-19(11-17)25(22(26)27)15-20-18-9-10-21(20)24(14-18)13-16-5-2-1-3-6-16/h1-8,11,18,20-21H,9-10,13-15H2,(H,26,27). The van der Waals surface area contributed by atoms with Crippen LogP contribution in [-0.4, -0.2) is 35.2 Å². The van der Waals surface area contributed by atoms with Gasteiger partial charge in [0.05, 0.1) is 11.6 Å². The van der Waals surface area contributed by atoms with E-state index in [1.807, 2.05) is 6.07 Å². The molecule has 2 bridgehead atoms. The molecule has 1 heterocycles. The van der Waals surface area contributed by atoms with Crippen molar-refractivity contribution in [2.45, 2.75) is 25.4 Å². The predicted molar refractivity (Wildman–Crippen MR) is 103 cm³/mol. The van der Waals surface area contributed by atoms with E-state index >= 15 is 0 Å². The molecule has 1 aliphatic carbocycles. The number of piperidine rings is 1. The quantitative estimate of drug-likeness (QED) is 0.875. The first-order valence-corrected chi connectivity index (χ1v) is 9.44. The van der Waals surface area contributed by atoms with Gasteiger partial charge in [0.15, 0.2) is 0 Å². The van der Waals surface area contributed by atoms with E-state index in [1.54, 1.807) is 24.3 Å². The molecule has 5 nitrogen and oxygen atoms in total. The summed E-state index contributed by atoms with van der Waals surface area (Å²) in [6.07, 6.45) is 1.35. The number of benzene rings is 2. The average Bonchev–Trinajstić information content (AvgIpc) is 3.23. The highest BCUT2D eigenvalue weighted by molar-refractivity contribution is 5.86. The van der Waals surface area contributed by atoms with Crippen molar-refractivity contribution in [1.82, 2.24) is 4.90 Å². The maximum atomic E-state index is 11.9. The van der Waals surface area contributed by atoms with Gasteiger partial charge >= 0.3 is 6.09 Å². The number of amides is 1. The number of likely N-dealkylation sites (tertiary alicyclic amines) is 1. The van der Waals surface area contributed by atoms with Crippen LogP contribution in [0.3, 0.4) is 0 Å². The van der Waals surface area contributed by atoms with E-state index in [1.165, 1.54) is 16.9 Å². The van der Waals surface area contributed by atoms with E-state index in [4.69, 9.17) is 5.26 Å². The van der Waals surface area contributed by atoms with Gasteiger partial charge in [0.1, 0.15) is 0 Å². The van der Waals surface area contributed by atoms with E-state index in [0.29, 0.717) is 35.7 Å². The number of anilines is 1. The molecule has 2 aromatic carbocycles. The first-order chi connectivity index (χ1) is 13.2. The van der Waals surface area contributed by atoms with Crippen LogP contribution in [0, 0.1) is 23.2 Å². The Balaban J connectivity index is 1.51. The van der Waals surface area contributed by atoms with Crippen molar-refractivity contribution in [3.8, 4) is 6.07 Å². The van der Waals surface area contributed by atoms with Crippen LogP contribution >= 0.6 is 0 Å². The Morgan fingerprint density at radius 2 is 2.00 bits per heavy atom. The minimum absolute atomic E-state index is 0.343. The summed E-state index contributed by atoms with van der Waals surface area (Å²) in [6.45, 7) is 2.45. The Kier molecular flexibility index (Phi) is 4.83. The molecule has 27 heavy (non-hydrogen) atoms. The molecule has 1 amide bonds. The lowest BCUT2D eigenvalue weighted by atomic mass is 9.97. The van der Waals surface area contributed by atoms with Crippen molar-refractivity contribution in [3.63, 3.8) is 0 Å². The topological polar surface area (TPSA) is 67.6 Å². The molecular weight excluding hydrogens is 338 g/mol. The van der Waals surface area contributed by atoms with Crippen LogP contribution in [0.15, 0.2) is 54.6 Å². The summed E-state index contributed by atoms with van der Waals surface area (Å²) in [5.41, 5.74) is 2.38. The van der Waals surface area contributed by atoms with E-state index in [2.05, 4.69) is 35.2 Å². The Labute approximate surface area is 159 Å². The van der Waals surface area contributed by atoms with Crippen molar-refractivity contribution >= 4 is 11.8 Å². The second-order valence-electron chi connectivity index (χ2n) is 7.54. The molecule has 1 saturated carbocycles. The molecule has 5 heteroatoms. The molecular formula is C22H23N3O2. The molecule has 0 radical (unpaired) electrons. The molecule has 3 atom stereocenters. The Morgan fingerprint density at radius 1 is 1.19 bits per heavy atom. The van der Waals surface area contributed by atoms with Gasteiger partial charge in [-0.1, -0.05) is 36.4 Å². The molecule has 2 aromatic rings. The summed E-state index contributed by atoms with van der Waals surface area (Å²) in [6, 6.07) is 19.9. The van der Waals surface area contributed by atoms with Crippen molar-refractivity contribution in [2.24, 2.45) is 11.8 Å². The first-order valence-electron chi connectivity index (χ1n) is 9.44. The number of nitrogens with zero attached hydrogens (tertiary/aromatic N) is 3. The maximum absolute atomic E-state index is 11.9. The lowest BCUT2D eigenvalue weighted by molar-refractivity contribution is 0.192. The van der Waals surface area contributed by atoms with Gasteiger partial charge < -0.3 is 5.11 Å². The molecule has 2 aliphatic rings. The number of fused-ring (bicyclic) bond motifs is 2. The SMILES string of the molecule is N#Cc1cccc(N(CC2C3CCC2N(Cc2ccccc2)C3)C(=O)O)c1. The van der Waals surface area contributed by atoms with Gasteiger partial charge in [-0.25, -0.2) is 4.79 Å². The van der Waals surface area contributed by atoms with Gasteiger partial charge in [0.25, 0.3) is 0 Å². The van der Waals surface area contributed by atoms with Crippen LogP contribution in [0.4, 0.5) is 10.5 Å². The van der Waals surface area contributed by atoms with Crippen LogP contribution in [0.2, 0.25) is 0 Å². The zero-order chi connectivity index (χ0) is 18.8. The van der Waals surface area contributed by atoms with E-state index < -0.39 is 6.09 Å². The van der Waals surface area contributed by atoms with Crippen LogP contribution in [0.5, 0.6) is 0 Å². The molecule has 1 saturated heterocycles. The van der Waals surface area contributed by atoms with E-state index in [9.17, 15) is 9.90 Å². The van der Waals surface area contributed by atoms with Crippen molar-refractivity contribution < 1.29 is 9.90 Å². The molecule has 0 spiro atoms. The zero-order valence-electron chi connectivity index (χ0n) is 15.2. The van der Waals surface area contributed by atoms with Crippen LogP contribution in [0.25, 0.3) is 0 Å². The number of nitriles is 1. The van der Waals surface area contributed by atoms with E-state index in [0.717, 1.165) is 19.5 Å². The number of carboxylic acid groups (broad SMARTS) is 1. The first kappa shape index (κ1) is 17.6. The van der Waals surface area contributed by atoms with Gasteiger partial charge in [-0.2, -0.15) is 5.26 Å². The van der Waals surface area contributed by atoms with Gasteiger partial charge in [-0.05, 0) is 48.4 Å². The molecule has 3 unspecified atom stereocenters. The number of hydrogen-bond donors (Lipinski definition) is 1. The monoisotopic (exact) mass is 361 g/mol. The van der Waals surface area contributed by atoms with Crippen LogP contribution in [0.1, 0.15) is 24.0 Å². The van der Waals surface area contributed by atoms with Crippen LogP contribution < -0.4 is 4.90 Å². The summed E-state index contributed by atoms with van der Waals surface area (Å²) < 4.78 is 0. The number of carbonyl (C=O) groups is 1. The second kappa shape index (κ2) is 7.42. The fourth-order valence-corrected chi connectivity index (χ4v) is 4.76. The highest BCUT2D eigenvalue weighted by Gasteiger charge is 2.47. The zero-order valence-corrected chi connectivity index (χ0v) is 15.2.